The first-order chi connectivity index (χ1) is 13.0. The topological polar surface area (TPSA) is 171 Å². The summed E-state index contributed by atoms with van der Waals surface area (Å²) in [5.74, 6) is -2.21. The summed E-state index contributed by atoms with van der Waals surface area (Å²) < 4.78 is 0. The number of carbonyl (C=O) groups is 4. The quantitative estimate of drug-likeness (QED) is 0.325. The normalized spacial score (nSPS) is 12.5. The molecule has 1 aliphatic rings. The molecule has 0 aliphatic carbocycles. The number of aliphatic carboxylic acids is 3. The van der Waals surface area contributed by atoms with Crippen LogP contribution in [0.15, 0.2) is 0 Å². The molecule has 1 aliphatic heterocycles. The second kappa shape index (κ2) is 16.5. The molecule has 0 spiro atoms. The van der Waals surface area contributed by atoms with Gasteiger partial charge in [-0.05, 0) is 26.9 Å². The van der Waals surface area contributed by atoms with Crippen LogP contribution < -0.4 is 5.32 Å². The Morgan fingerprint density at radius 3 is 1.57 bits per heavy atom. The molecule has 0 aromatic carbocycles. The van der Waals surface area contributed by atoms with Gasteiger partial charge in [0.25, 0.3) is 0 Å². The monoisotopic (exact) mass is 404 g/mol. The summed E-state index contributed by atoms with van der Waals surface area (Å²) in [6, 6.07) is 0. The Balaban J connectivity index is 0. The Kier molecular flexibility index (Phi) is 16.2. The SMILES string of the molecule is CN(C)CC(=O)O.CN1CC(=O)NC1=N.O=C(O)CCCCCCCC(=O)O. The number of unbranched alkanes of at least 4 members (excludes halogenated alkanes) is 4. The van der Waals surface area contributed by atoms with E-state index < -0.39 is 17.9 Å². The minimum absolute atomic E-state index is 0.0995. The van der Waals surface area contributed by atoms with Gasteiger partial charge in [-0.3, -0.25) is 34.8 Å². The average molecular weight is 404 g/mol. The van der Waals surface area contributed by atoms with Crippen molar-refractivity contribution in [2.24, 2.45) is 0 Å². The number of hydrogen-bond acceptors (Lipinski definition) is 6. The minimum Gasteiger partial charge on any atom is -0.481 e. The summed E-state index contributed by atoms with van der Waals surface area (Å²) >= 11 is 0. The summed E-state index contributed by atoms with van der Waals surface area (Å²) in [6.45, 7) is 0.429. The number of carboxylic acids is 3. The smallest absolute Gasteiger partial charge is 0.317 e. The summed E-state index contributed by atoms with van der Waals surface area (Å²) in [4.78, 5) is 43.5. The number of hydrogen-bond donors (Lipinski definition) is 5. The fourth-order valence-corrected chi connectivity index (χ4v) is 1.91. The van der Waals surface area contributed by atoms with E-state index in [1.165, 1.54) is 0 Å². The Labute approximate surface area is 164 Å². The molecule has 0 aromatic heterocycles. The predicted molar refractivity (Wildman–Crippen MR) is 102 cm³/mol. The van der Waals surface area contributed by atoms with Crippen molar-refractivity contribution in [1.29, 1.82) is 5.41 Å². The fourth-order valence-electron chi connectivity index (χ4n) is 1.91. The van der Waals surface area contributed by atoms with Crippen LogP contribution in [0.2, 0.25) is 0 Å². The standard InChI is InChI=1S/C9H16O4.C4H7N3O.C4H9NO2/c10-8(11)6-4-2-1-3-5-7-9(12)13;1-7-2-3(8)6-4(7)5;1-5(2)3-4(6)7/h1-7H2,(H,10,11)(H,12,13);2H2,1H3,(H2,5,6,8);3H2,1-2H3,(H,6,7). The minimum atomic E-state index is -0.787. The van der Waals surface area contributed by atoms with Gasteiger partial charge in [-0.15, -0.1) is 0 Å². The summed E-state index contributed by atoms with van der Waals surface area (Å²) in [5, 5.41) is 34.0. The zero-order valence-corrected chi connectivity index (χ0v) is 16.7. The number of likely N-dealkylation sites (N-methyl/N-ethyl adjacent to an activating group) is 2. The second-order valence-electron chi connectivity index (χ2n) is 6.44. The number of carboxylic acid groups (broad SMARTS) is 3. The molecule has 0 unspecified atom stereocenters. The molecule has 1 rings (SSSR count). The van der Waals surface area contributed by atoms with Gasteiger partial charge in [0, 0.05) is 19.9 Å². The predicted octanol–water partition coefficient (Wildman–Crippen LogP) is 0.502. The highest BCUT2D eigenvalue weighted by Crippen LogP contribution is 2.06. The molecule has 28 heavy (non-hydrogen) atoms. The van der Waals surface area contributed by atoms with E-state index >= 15 is 0 Å². The molecular weight excluding hydrogens is 372 g/mol. The lowest BCUT2D eigenvalue weighted by atomic mass is 10.1. The lowest BCUT2D eigenvalue weighted by Gasteiger charge is -2.03. The van der Waals surface area contributed by atoms with E-state index in [1.54, 1.807) is 30.9 Å². The van der Waals surface area contributed by atoms with E-state index in [0.717, 1.165) is 19.3 Å². The molecule has 11 heteroatoms. The first kappa shape index (κ1) is 27.5. The van der Waals surface area contributed by atoms with Crippen molar-refractivity contribution in [3.05, 3.63) is 0 Å². The molecule has 0 aromatic rings. The van der Waals surface area contributed by atoms with E-state index in [2.05, 4.69) is 5.32 Å². The Hall–Kier alpha value is -2.69. The number of nitrogens with one attached hydrogen (secondary N) is 2. The van der Waals surface area contributed by atoms with Crippen LogP contribution in [0.1, 0.15) is 44.9 Å². The average Bonchev–Trinajstić information content (AvgIpc) is 2.81. The number of amides is 1. The maximum absolute atomic E-state index is 10.4. The van der Waals surface area contributed by atoms with E-state index in [4.69, 9.17) is 20.7 Å². The van der Waals surface area contributed by atoms with Crippen LogP contribution in [0.5, 0.6) is 0 Å². The van der Waals surface area contributed by atoms with E-state index in [0.29, 0.717) is 19.4 Å². The Bertz CT molecular complexity index is 506. The highest BCUT2D eigenvalue weighted by atomic mass is 16.4. The van der Waals surface area contributed by atoms with Crippen LogP contribution in [0.3, 0.4) is 0 Å². The number of rotatable bonds is 10. The van der Waals surface area contributed by atoms with Gasteiger partial charge < -0.3 is 20.2 Å². The molecule has 0 bridgehead atoms. The van der Waals surface area contributed by atoms with Crippen molar-refractivity contribution < 1.29 is 34.5 Å². The molecule has 1 fully saturated rings. The van der Waals surface area contributed by atoms with Crippen LogP contribution in [-0.4, -0.2) is 89.1 Å². The van der Waals surface area contributed by atoms with Crippen LogP contribution >= 0.6 is 0 Å². The molecule has 162 valence electrons. The molecule has 5 N–H and O–H groups in total. The molecule has 1 amide bonds. The first-order valence-corrected chi connectivity index (χ1v) is 8.85. The van der Waals surface area contributed by atoms with Crippen molar-refractivity contribution in [2.45, 2.75) is 44.9 Å². The van der Waals surface area contributed by atoms with Crippen molar-refractivity contribution in [2.75, 3.05) is 34.2 Å². The van der Waals surface area contributed by atoms with Crippen molar-refractivity contribution in [3.8, 4) is 0 Å². The van der Waals surface area contributed by atoms with Gasteiger partial charge in [0.05, 0.1) is 13.1 Å². The fraction of sp³-hybridized carbons (Fsp3) is 0.706. The van der Waals surface area contributed by atoms with Crippen LogP contribution in [0.4, 0.5) is 0 Å². The molecule has 0 atom stereocenters. The van der Waals surface area contributed by atoms with E-state index in [9.17, 15) is 19.2 Å². The number of carbonyl (C=O) groups excluding carboxylic acids is 1. The lowest BCUT2D eigenvalue weighted by Crippen LogP contribution is -2.25. The molecule has 11 nitrogen and oxygen atoms in total. The van der Waals surface area contributed by atoms with Crippen molar-refractivity contribution in [3.63, 3.8) is 0 Å². The Morgan fingerprint density at radius 2 is 1.39 bits per heavy atom. The molecule has 0 radical (unpaired) electrons. The van der Waals surface area contributed by atoms with Crippen LogP contribution in [-0.2, 0) is 19.2 Å². The zero-order chi connectivity index (χ0) is 22.1. The van der Waals surface area contributed by atoms with E-state index in [-0.39, 0.29) is 31.3 Å². The molecular formula is C17H32N4O7. The second-order valence-corrected chi connectivity index (χ2v) is 6.44. The van der Waals surface area contributed by atoms with Gasteiger partial charge in [-0.1, -0.05) is 19.3 Å². The first-order valence-electron chi connectivity index (χ1n) is 8.85. The van der Waals surface area contributed by atoms with Crippen LogP contribution in [0, 0.1) is 5.41 Å². The number of nitrogens with zero attached hydrogens (tertiary/aromatic N) is 2. The van der Waals surface area contributed by atoms with E-state index in [1.807, 2.05) is 0 Å². The number of guanidine groups is 1. The van der Waals surface area contributed by atoms with Gasteiger partial charge >= 0.3 is 17.9 Å². The molecule has 1 saturated heterocycles. The third kappa shape index (κ3) is 21.4. The summed E-state index contributed by atoms with van der Waals surface area (Å²) in [5.41, 5.74) is 0. The maximum Gasteiger partial charge on any atom is 0.317 e. The zero-order valence-electron chi connectivity index (χ0n) is 16.7. The molecule has 0 saturated carbocycles. The van der Waals surface area contributed by atoms with Gasteiger partial charge in [0.1, 0.15) is 0 Å². The highest BCUT2D eigenvalue weighted by Gasteiger charge is 2.18. The summed E-state index contributed by atoms with van der Waals surface area (Å²) in [6.07, 6.45) is 4.53. The van der Waals surface area contributed by atoms with Crippen molar-refractivity contribution >= 4 is 29.8 Å². The van der Waals surface area contributed by atoms with Gasteiger partial charge in [-0.2, -0.15) is 0 Å². The van der Waals surface area contributed by atoms with Gasteiger partial charge in [-0.25, -0.2) is 0 Å². The van der Waals surface area contributed by atoms with Crippen LogP contribution in [0.25, 0.3) is 0 Å². The Morgan fingerprint density at radius 1 is 0.964 bits per heavy atom. The van der Waals surface area contributed by atoms with Gasteiger partial charge in [0.15, 0.2) is 5.96 Å². The third-order valence-electron chi connectivity index (χ3n) is 3.25. The largest absolute Gasteiger partial charge is 0.481 e. The summed E-state index contributed by atoms with van der Waals surface area (Å²) in [7, 11) is 5.13. The lowest BCUT2D eigenvalue weighted by molar-refractivity contribution is -0.138. The third-order valence-corrected chi connectivity index (χ3v) is 3.25. The maximum atomic E-state index is 10.4. The van der Waals surface area contributed by atoms with Gasteiger partial charge in [0.2, 0.25) is 5.91 Å². The highest BCUT2D eigenvalue weighted by molar-refractivity contribution is 6.02. The van der Waals surface area contributed by atoms with Crippen molar-refractivity contribution in [1.82, 2.24) is 15.1 Å². The molecule has 1 heterocycles.